The Balaban J connectivity index is 1.93. The summed E-state index contributed by atoms with van der Waals surface area (Å²) in [4.78, 5) is 2.33. The number of hydrogen-bond acceptors (Lipinski definition) is 1. The summed E-state index contributed by atoms with van der Waals surface area (Å²) in [6.07, 6.45) is 1.05. The van der Waals surface area contributed by atoms with Gasteiger partial charge in [0.2, 0.25) is 0 Å². The lowest BCUT2D eigenvalue weighted by molar-refractivity contribution is 0.625. The predicted octanol–water partition coefficient (Wildman–Crippen LogP) is 4.28. The van der Waals surface area contributed by atoms with E-state index in [0.29, 0.717) is 5.33 Å². The molecule has 1 nitrogen and oxygen atoms in total. The summed E-state index contributed by atoms with van der Waals surface area (Å²) in [5.74, 6) is -0.171. The quantitative estimate of drug-likeness (QED) is 0.747. The molecule has 0 radical (unpaired) electrons. The number of fused-ring (bicyclic) bond motifs is 1. The molecule has 0 fully saturated rings. The Morgan fingerprint density at radius 3 is 2.68 bits per heavy atom. The Bertz CT molecular complexity index is 597. The maximum absolute atomic E-state index is 13.3. The molecule has 0 spiro atoms. The van der Waals surface area contributed by atoms with E-state index in [2.05, 4.69) is 45.1 Å². The zero-order valence-electron chi connectivity index (χ0n) is 10.6. The van der Waals surface area contributed by atoms with Gasteiger partial charge in [0, 0.05) is 24.1 Å². The molecule has 1 aliphatic rings. The van der Waals surface area contributed by atoms with Crippen LogP contribution in [0, 0.1) is 5.82 Å². The Hall–Kier alpha value is -1.35. The molecule has 0 aromatic heterocycles. The van der Waals surface area contributed by atoms with Crippen LogP contribution in [0.25, 0.3) is 0 Å². The molecule has 1 heterocycles. The van der Waals surface area contributed by atoms with Crippen molar-refractivity contribution in [3.8, 4) is 0 Å². The van der Waals surface area contributed by atoms with Crippen LogP contribution in [0.5, 0.6) is 0 Å². The molecule has 0 bridgehead atoms. The van der Waals surface area contributed by atoms with Crippen LogP contribution in [0.1, 0.15) is 16.7 Å². The molecule has 0 unspecified atom stereocenters. The normalized spacial score (nSPS) is 14.3. The van der Waals surface area contributed by atoms with Crippen molar-refractivity contribution in [2.24, 2.45) is 0 Å². The molecule has 2 aromatic carbocycles. The van der Waals surface area contributed by atoms with Crippen LogP contribution in [0.2, 0.25) is 0 Å². The van der Waals surface area contributed by atoms with E-state index in [9.17, 15) is 4.39 Å². The maximum atomic E-state index is 13.3. The first-order valence-electron chi connectivity index (χ1n) is 6.44. The molecule has 3 heteroatoms. The summed E-state index contributed by atoms with van der Waals surface area (Å²) in [5.41, 5.74) is 4.95. The van der Waals surface area contributed by atoms with E-state index in [-0.39, 0.29) is 5.82 Å². The minimum atomic E-state index is -0.171. The van der Waals surface area contributed by atoms with Crippen molar-refractivity contribution in [2.45, 2.75) is 18.3 Å². The Labute approximate surface area is 121 Å². The van der Waals surface area contributed by atoms with E-state index in [1.165, 1.54) is 11.1 Å². The van der Waals surface area contributed by atoms with Crippen molar-refractivity contribution < 1.29 is 4.39 Å². The van der Waals surface area contributed by atoms with Gasteiger partial charge in [0.05, 0.1) is 0 Å². The van der Waals surface area contributed by atoms with Gasteiger partial charge in [0.1, 0.15) is 5.82 Å². The predicted molar refractivity (Wildman–Crippen MR) is 80.2 cm³/mol. The number of rotatable bonds is 2. The van der Waals surface area contributed by atoms with Crippen molar-refractivity contribution >= 4 is 21.6 Å². The average Bonchev–Trinajstić information content (AvgIpc) is 2.46. The van der Waals surface area contributed by atoms with Crippen molar-refractivity contribution in [1.29, 1.82) is 0 Å². The van der Waals surface area contributed by atoms with E-state index in [4.69, 9.17) is 0 Å². The van der Waals surface area contributed by atoms with Crippen LogP contribution in [0.3, 0.4) is 0 Å². The summed E-state index contributed by atoms with van der Waals surface area (Å²) in [6, 6.07) is 13.6. The van der Waals surface area contributed by atoms with E-state index in [1.54, 1.807) is 12.1 Å². The highest BCUT2D eigenvalue weighted by Crippen LogP contribution is 2.29. The largest absolute Gasteiger partial charge is 0.367 e. The Morgan fingerprint density at radius 2 is 1.89 bits per heavy atom. The molecule has 1 aliphatic heterocycles. The second-order valence-corrected chi connectivity index (χ2v) is 5.41. The number of anilines is 1. The third kappa shape index (κ3) is 2.52. The molecule has 3 rings (SSSR count). The number of benzene rings is 2. The van der Waals surface area contributed by atoms with Crippen LogP contribution in [-0.4, -0.2) is 6.54 Å². The van der Waals surface area contributed by atoms with Gasteiger partial charge >= 0.3 is 0 Å². The Morgan fingerprint density at radius 1 is 1.11 bits per heavy atom. The molecule has 2 aromatic rings. The third-order valence-corrected chi connectivity index (χ3v) is 4.26. The molecule has 19 heavy (non-hydrogen) atoms. The van der Waals surface area contributed by atoms with Gasteiger partial charge in [-0.05, 0) is 41.3 Å². The minimum Gasteiger partial charge on any atom is -0.367 e. The van der Waals surface area contributed by atoms with E-state index < -0.39 is 0 Å². The monoisotopic (exact) mass is 319 g/mol. The third-order valence-electron chi connectivity index (χ3n) is 3.66. The summed E-state index contributed by atoms with van der Waals surface area (Å²) in [6.45, 7) is 1.89. The van der Waals surface area contributed by atoms with Crippen molar-refractivity contribution in [1.82, 2.24) is 0 Å². The van der Waals surface area contributed by atoms with Gasteiger partial charge in [-0.3, -0.25) is 0 Å². The summed E-state index contributed by atoms with van der Waals surface area (Å²) in [7, 11) is 0. The molecule has 0 aliphatic carbocycles. The lowest BCUT2D eigenvalue weighted by atomic mass is 9.99. The number of hydrogen-bond donors (Lipinski definition) is 0. The van der Waals surface area contributed by atoms with Crippen LogP contribution >= 0.6 is 15.9 Å². The van der Waals surface area contributed by atoms with Gasteiger partial charge in [-0.15, -0.1) is 0 Å². The SMILES string of the molecule is Fc1ccc(N2CCc3ccccc3C2)c(CBr)c1. The van der Waals surface area contributed by atoms with Crippen LogP contribution in [0.4, 0.5) is 10.1 Å². The van der Waals surface area contributed by atoms with Gasteiger partial charge in [0.15, 0.2) is 0 Å². The molecule has 0 saturated heterocycles. The van der Waals surface area contributed by atoms with Crippen LogP contribution < -0.4 is 4.90 Å². The zero-order chi connectivity index (χ0) is 13.2. The molecular weight excluding hydrogens is 305 g/mol. The first-order valence-corrected chi connectivity index (χ1v) is 7.56. The molecule has 0 amide bonds. The summed E-state index contributed by atoms with van der Waals surface area (Å²) in [5, 5.41) is 0.679. The lowest BCUT2D eigenvalue weighted by Crippen LogP contribution is -2.30. The highest BCUT2D eigenvalue weighted by atomic mass is 79.9. The maximum Gasteiger partial charge on any atom is 0.123 e. The van der Waals surface area contributed by atoms with E-state index >= 15 is 0 Å². The molecule has 0 N–H and O–H groups in total. The number of alkyl halides is 1. The van der Waals surface area contributed by atoms with Crippen LogP contribution in [-0.2, 0) is 18.3 Å². The van der Waals surface area contributed by atoms with Gasteiger partial charge in [-0.1, -0.05) is 40.2 Å². The van der Waals surface area contributed by atoms with Crippen LogP contribution in [0.15, 0.2) is 42.5 Å². The summed E-state index contributed by atoms with van der Waals surface area (Å²) < 4.78 is 13.3. The average molecular weight is 320 g/mol. The fourth-order valence-electron chi connectivity index (χ4n) is 2.67. The highest BCUT2D eigenvalue weighted by molar-refractivity contribution is 9.08. The fourth-order valence-corrected chi connectivity index (χ4v) is 3.12. The summed E-state index contributed by atoms with van der Waals surface area (Å²) >= 11 is 3.45. The number of halogens is 2. The van der Waals surface area contributed by atoms with Gasteiger partial charge in [-0.2, -0.15) is 0 Å². The second kappa shape index (κ2) is 5.33. The molecule has 98 valence electrons. The Kier molecular flexibility index (Phi) is 3.56. The fraction of sp³-hybridized carbons (Fsp3) is 0.250. The molecule has 0 atom stereocenters. The lowest BCUT2D eigenvalue weighted by Gasteiger charge is -2.32. The smallest absolute Gasteiger partial charge is 0.123 e. The van der Waals surface area contributed by atoms with Crippen molar-refractivity contribution in [2.75, 3.05) is 11.4 Å². The topological polar surface area (TPSA) is 3.24 Å². The van der Waals surface area contributed by atoms with Crippen molar-refractivity contribution in [3.05, 3.63) is 65.0 Å². The number of nitrogens with zero attached hydrogens (tertiary/aromatic N) is 1. The minimum absolute atomic E-state index is 0.171. The molecular formula is C16H15BrFN. The van der Waals surface area contributed by atoms with Gasteiger partial charge in [0.25, 0.3) is 0 Å². The first kappa shape index (κ1) is 12.7. The van der Waals surface area contributed by atoms with Gasteiger partial charge < -0.3 is 4.90 Å². The van der Waals surface area contributed by atoms with Gasteiger partial charge in [-0.25, -0.2) is 4.39 Å². The highest BCUT2D eigenvalue weighted by Gasteiger charge is 2.18. The molecule has 0 saturated carbocycles. The van der Waals surface area contributed by atoms with E-state index in [1.807, 2.05) is 6.07 Å². The second-order valence-electron chi connectivity index (χ2n) is 4.85. The first-order chi connectivity index (χ1) is 9.28. The van der Waals surface area contributed by atoms with Crippen molar-refractivity contribution in [3.63, 3.8) is 0 Å². The standard InChI is InChI=1S/C16H15BrFN/c17-10-14-9-15(18)5-6-16(14)19-8-7-12-3-1-2-4-13(12)11-19/h1-6,9H,7-8,10-11H2. The zero-order valence-corrected chi connectivity index (χ0v) is 12.2. The van der Waals surface area contributed by atoms with E-state index in [0.717, 1.165) is 30.8 Å².